The molecule has 0 atom stereocenters. The van der Waals surface area contributed by atoms with Gasteiger partial charge in [0.2, 0.25) is 0 Å². The summed E-state index contributed by atoms with van der Waals surface area (Å²) in [6.07, 6.45) is 5.31. The molecule has 0 aliphatic carbocycles. The van der Waals surface area contributed by atoms with Crippen molar-refractivity contribution in [3.8, 4) is 11.8 Å². The van der Waals surface area contributed by atoms with Crippen LogP contribution in [0.15, 0.2) is 48.0 Å². The van der Waals surface area contributed by atoms with Crippen LogP contribution in [-0.4, -0.2) is 26.1 Å². The molecule has 1 aliphatic rings. The number of carbonyl (C=O) groups is 1. The Morgan fingerprint density at radius 1 is 1.18 bits per heavy atom. The Balaban J connectivity index is 1.71. The molecular weight excluding hydrogens is 374 g/mol. The van der Waals surface area contributed by atoms with Crippen LogP contribution >= 0.6 is 11.6 Å². The lowest BCUT2D eigenvalue weighted by Gasteiger charge is -2.28. The molecule has 3 rings (SSSR count). The first-order valence-electron chi connectivity index (χ1n) is 9.22. The minimum atomic E-state index is -0.483. The number of nitriles is 1. The molecule has 1 aliphatic heterocycles. The van der Waals surface area contributed by atoms with Gasteiger partial charge in [0.25, 0.3) is 5.91 Å². The van der Waals surface area contributed by atoms with Crippen molar-refractivity contribution in [1.29, 1.82) is 5.26 Å². The second-order valence-corrected chi connectivity index (χ2v) is 7.02. The van der Waals surface area contributed by atoms with Crippen molar-refractivity contribution in [1.82, 2.24) is 0 Å². The quantitative estimate of drug-likeness (QED) is 0.578. The molecule has 0 unspecified atom stereocenters. The third-order valence-corrected chi connectivity index (χ3v) is 5.00. The van der Waals surface area contributed by atoms with Crippen LogP contribution in [0.25, 0.3) is 6.08 Å². The maximum absolute atomic E-state index is 12.4. The zero-order chi connectivity index (χ0) is 19.9. The van der Waals surface area contributed by atoms with Gasteiger partial charge in [0.15, 0.2) is 0 Å². The van der Waals surface area contributed by atoms with Crippen molar-refractivity contribution in [3.05, 3.63) is 58.6 Å². The smallest absolute Gasteiger partial charge is 0.266 e. The normalized spacial score (nSPS) is 14.3. The van der Waals surface area contributed by atoms with Crippen molar-refractivity contribution < 1.29 is 9.53 Å². The van der Waals surface area contributed by atoms with Gasteiger partial charge in [-0.1, -0.05) is 23.7 Å². The van der Waals surface area contributed by atoms with Crippen LogP contribution in [0.4, 0.5) is 11.4 Å². The van der Waals surface area contributed by atoms with Crippen LogP contribution < -0.4 is 15.0 Å². The minimum Gasteiger partial charge on any atom is -0.495 e. The second-order valence-electron chi connectivity index (χ2n) is 6.61. The van der Waals surface area contributed by atoms with Gasteiger partial charge in [0, 0.05) is 24.5 Å². The second kappa shape index (κ2) is 9.29. The van der Waals surface area contributed by atoms with Crippen molar-refractivity contribution in [2.45, 2.75) is 19.3 Å². The summed E-state index contributed by atoms with van der Waals surface area (Å²) in [6, 6.07) is 14.8. The SMILES string of the molecule is COc1ccc(NC(=O)/C(C#N)=C/c2ccc(N3CCCCC3)cc2)cc1Cl. The number of piperidine rings is 1. The Bertz CT molecular complexity index is 910. The lowest BCUT2D eigenvalue weighted by atomic mass is 10.1. The Morgan fingerprint density at radius 3 is 2.50 bits per heavy atom. The van der Waals surface area contributed by atoms with Crippen LogP contribution in [0.2, 0.25) is 5.02 Å². The average molecular weight is 396 g/mol. The molecule has 144 valence electrons. The summed E-state index contributed by atoms with van der Waals surface area (Å²) >= 11 is 6.08. The molecule has 0 bridgehead atoms. The molecule has 1 heterocycles. The molecular formula is C22H22ClN3O2. The Labute approximate surface area is 170 Å². The first kappa shape index (κ1) is 19.8. The lowest BCUT2D eigenvalue weighted by Crippen LogP contribution is -2.29. The number of anilines is 2. The van der Waals surface area contributed by atoms with E-state index in [9.17, 15) is 10.1 Å². The number of amides is 1. The van der Waals surface area contributed by atoms with Gasteiger partial charge in [-0.05, 0) is 61.2 Å². The number of nitrogens with one attached hydrogen (secondary N) is 1. The van der Waals surface area contributed by atoms with E-state index in [-0.39, 0.29) is 5.57 Å². The number of ether oxygens (including phenoxy) is 1. The van der Waals surface area contributed by atoms with E-state index in [4.69, 9.17) is 16.3 Å². The van der Waals surface area contributed by atoms with Crippen molar-refractivity contribution in [2.24, 2.45) is 0 Å². The van der Waals surface area contributed by atoms with E-state index in [1.807, 2.05) is 30.3 Å². The summed E-state index contributed by atoms with van der Waals surface area (Å²) in [4.78, 5) is 14.8. The highest BCUT2D eigenvalue weighted by Gasteiger charge is 2.12. The van der Waals surface area contributed by atoms with E-state index >= 15 is 0 Å². The number of hydrogen-bond acceptors (Lipinski definition) is 4. The minimum absolute atomic E-state index is 0.0256. The predicted molar refractivity (Wildman–Crippen MR) is 113 cm³/mol. The van der Waals surface area contributed by atoms with E-state index in [1.54, 1.807) is 24.3 Å². The first-order valence-corrected chi connectivity index (χ1v) is 9.60. The zero-order valence-electron chi connectivity index (χ0n) is 15.7. The number of methoxy groups -OCH3 is 1. The fraction of sp³-hybridized carbons (Fsp3) is 0.273. The van der Waals surface area contributed by atoms with E-state index in [2.05, 4.69) is 10.2 Å². The zero-order valence-corrected chi connectivity index (χ0v) is 16.5. The summed E-state index contributed by atoms with van der Waals surface area (Å²) in [7, 11) is 1.52. The predicted octanol–water partition coefficient (Wildman–Crippen LogP) is 4.88. The maximum Gasteiger partial charge on any atom is 0.266 e. The summed E-state index contributed by atoms with van der Waals surface area (Å²) in [5.41, 5.74) is 2.50. The molecule has 1 amide bonds. The first-order chi connectivity index (χ1) is 13.6. The van der Waals surface area contributed by atoms with Gasteiger partial charge in [-0.2, -0.15) is 5.26 Å². The molecule has 2 aromatic rings. The summed E-state index contributed by atoms with van der Waals surface area (Å²) in [5.74, 6) is 0.0355. The largest absolute Gasteiger partial charge is 0.495 e. The highest BCUT2D eigenvalue weighted by Crippen LogP contribution is 2.27. The number of rotatable bonds is 5. The Hall–Kier alpha value is -2.97. The van der Waals surface area contributed by atoms with Crippen molar-refractivity contribution in [3.63, 3.8) is 0 Å². The molecule has 1 saturated heterocycles. The molecule has 6 heteroatoms. The van der Waals surface area contributed by atoms with Crippen LogP contribution in [0.3, 0.4) is 0 Å². The van der Waals surface area contributed by atoms with Gasteiger partial charge < -0.3 is 15.0 Å². The molecule has 1 N–H and O–H groups in total. The number of carbonyl (C=O) groups excluding carboxylic acids is 1. The monoisotopic (exact) mass is 395 g/mol. The highest BCUT2D eigenvalue weighted by atomic mass is 35.5. The number of benzene rings is 2. The van der Waals surface area contributed by atoms with Crippen molar-refractivity contribution >= 4 is 35.0 Å². The average Bonchev–Trinajstić information content (AvgIpc) is 2.73. The lowest BCUT2D eigenvalue weighted by molar-refractivity contribution is -0.112. The number of nitrogens with zero attached hydrogens (tertiary/aromatic N) is 2. The molecule has 0 aromatic heterocycles. The van der Waals surface area contributed by atoms with Gasteiger partial charge in [0.1, 0.15) is 17.4 Å². The van der Waals surface area contributed by atoms with Gasteiger partial charge in [-0.3, -0.25) is 4.79 Å². The summed E-state index contributed by atoms with van der Waals surface area (Å²) < 4.78 is 5.09. The topological polar surface area (TPSA) is 65.4 Å². The van der Waals surface area contributed by atoms with Gasteiger partial charge in [-0.15, -0.1) is 0 Å². The van der Waals surface area contributed by atoms with E-state index < -0.39 is 5.91 Å². The van der Waals surface area contributed by atoms with E-state index in [1.165, 1.54) is 32.1 Å². The van der Waals surface area contributed by atoms with Crippen LogP contribution in [0.5, 0.6) is 5.75 Å². The fourth-order valence-corrected chi connectivity index (χ4v) is 3.45. The Morgan fingerprint density at radius 2 is 1.89 bits per heavy atom. The molecule has 1 fully saturated rings. The van der Waals surface area contributed by atoms with Crippen LogP contribution in [-0.2, 0) is 4.79 Å². The summed E-state index contributed by atoms with van der Waals surface area (Å²) in [5, 5.41) is 12.5. The van der Waals surface area contributed by atoms with Crippen LogP contribution in [0, 0.1) is 11.3 Å². The van der Waals surface area contributed by atoms with E-state index in [0.717, 1.165) is 18.7 Å². The Kier molecular flexibility index (Phi) is 6.57. The molecule has 0 radical (unpaired) electrons. The fourth-order valence-electron chi connectivity index (χ4n) is 3.19. The highest BCUT2D eigenvalue weighted by molar-refractivity contribution is 6.32. The maximum atomic E-state index is 12.4. The molecule has 5 nitrogen and oxygen atoms in total. The van der Waals surface area contributed by atoms with Gasteiger partial charge in [0.05, 0.1) is 12.1 Å². The standard InChI is InChI=1S/C22H22ClN3O2/c1-28-21-10-7-18(14-20(21)23)25-22(27)17(15-24)13-16-5-8-19(9-6-16)26-11-3-2-4-12-26/h5-10,13-14H,2-4,11-12H2,1H3,(H,25,27)/b17-13+. The number of halogens is 1. The summed E-state index contributed by atoms with van der Waals surface area (Å²) in [6.45, 7) is 2.15. The van der Waals surface area contributed by atoms with Crippen molar-refractivity contribution in [2.75, 3.05) is 30.4 Å². The third kappa shape index (κ3) is 4.85. The van der Waals surface area contributed by atoms with Gasteiger partial charge in [-0.25, -0.2) is 0 Å². The molecule has 2 aromatic carbocycles. The third-order valence-electron chi connectivity index (χ3n) is 4.70. The van der Waals surface area contributed by atoms with Crippen LogP contribution in [0.1, 0.15) is 24.8 Å². The van der Waals surface area contributed by atoms with E-state index in [0.29, 0.717) is 16.5 Å². The van der Waals surface area contributed by atoms with Gasteiger partial charge >= 0.3 is 0 Å². The molecule has 0 saturated carbocycles. The number of hydrogen-bond donors (Lipinski definition) is 1. The molecule has 28 heavy (non-hydrogen) atoms. The molecule has 0 spiro atoms.